The molecule has 0 aromatic carbocycles. The molecule has 1 aliphatic rings. The molecule has 1 saturated heterocycles. The Labute approximate surface area is 121 Å². The fraction of sp³-hybridized carbons (Fsp3) is 0.545. The van der Waals surface area contributed by atoms with E-state index in [0.29, 0.717) is 19.3 Å². The average molecular weight is 316 g/mol. The normalized spacial score (nSPS) is 20.3. The number of aryl methyl sites for hydroxylation is 1. The highest BCUT2D eigenvalue weighted by Crippen LogP contribution is 2.27. The van der Waals surface area contributed by atoms with Gasteiger partial charge in [-0.15, -0.1) is 0 Å². The van der Waals surface area contributed by atoms with E-state index in [1.54, 1.807) is 0 Å². The first-order valence-electron chi connectivity index (χ1n) is 6.36. The molecule has 4 N–H and O–H groups in total. The van der Waals surface area contributed by atoms with Crippen LogP contribution < -0.4 is 5.73 Å². The van der Waals surface area contributed by atoms with Crippen LogP contribution in [0.5, 0.6) is 0 Å². The van der Waals surface area contributed by atoms with Gasteiger partial charge in [0.1, 0.15) is 11.6 Å². The van der Waals surface area contributed by atoms with E-state index >= 15 is 0 Å². The molecule has 1 fully saturated rings. The summed E-state index contributed by atoms with van der Waals surface area (Å²) in [4.78, 5) is 22.7. The second-order valence-electron chi connectivity index (χ2n) is 4.86. The number of nitrogens with zero attached hydrogens (tertiary/aromatic N) is 2. The first-order chi connectivity index (χ1) is 9.76. The minimum atomic E-state index is -4.20. The van der Waals surface area contributed by atoms with E-state index in [1.807, 2.05) is 0 Å². The molecule has 1 aromatic heterocycles. The fourth-order valence-electron chi connectivity index (χ4n) is 2.43. The zero-order valence-electron chi connectivity index (χ0n) is 11.4. The molecule has 1 unspecified atom stereocenters. The van der Waals surface area contributed by atoms with Gasteiger partial charge in [0, 0.05) is 12.2 Å². The number of carboxylic acid groups (broad SMARTS) is 1. The molecule has 9 nitrogen and oxygen atoms in total. The number of rotatable bonds is 4. The number of aromatic amines is 1. The zero-order chi connectivity index (χ0) is 15.8. The summed E-state index contributed by atoms with van der Waals surface area (Å²) in [6, 6.07) is -0.970. The lowest BCUT2D eigenvalue weighted by molar-refractivity contribution is -0.122. The Morgan fingerprint density at radius 1 is 1.43 bits per heavy atom. The summed E-state index contributed by atoms with van der Waals surface area (Å²) in [7, 11) is -4.20. The molecule has 0 radical (unpaired) electrons. The van der Waals surface area contributed by atoms with Crippen molar-refractivity contribution in [2.24, 2.45) is 5.73 Å². The molecule has 1 amide bonds. The third-order valence-electron chi connectivity index (χ3n) is 3.46. The third-order valence-corrected chi connectivity index (χ3v) is 5.30. The van der Waals surface area contributed by atoms with Crippen LogP contribution in [0, 0.1) is 6.92 Å². The Morgan fingerprint density at radius 3 is 2.67 bits per heavy atom. The van der Waals surface area contributed by atoms with Crippen LogP contribution in [0.2, 0.25) is 0 Å². The molecule has 0 aliphatic carbocycles. The first-order valence-corrected chi connectivity index (χ1v) is 7.80. The number of piperidine rings is 1. The summed E-state index contributed by atoms with van der Waals surface area (Å²) in [5.74, 6) is -2.14. The number of sulfonamides is 1. The molecular formula is C11H16N4O5S. The molecular weight excluding hydrogens is 300 g/mol. The summed E-state index contributed by atoms with van der Waals surface area (Å²) >= 11 is 0. The molecule has 2 heterocycles. The molecule has 2 rings (SSSR count). The largest absolute Gasteiger partial charge is 0.478 e. The Hall–Kier alpha value is -1.94. The van der Waals surface area contributed by atoms with Crippen LogP contribution in [-0.2, 0) is 14.8 Å². The number of nitrogens with one attached hydrogen (secondary N) is 1. The van der Waals surface area contributed by atoms with Crippen molar-refractivity contribution in [2.75, 3.05) is 6.54 Å². The van der Waals surface area contributed by atoms with Gasteiger partial charge < -0.3 is 10.8 Å². The van der Waals surface area contributed by atoms with E-state index in [0.717, 1.165) is 4.31 Å². The number of aromatic nitrogens is 2. The molecule has 10 heteroatoms. The predicted octanol–water partition coefficient (Wildman–Crippen LogP) is -0.555. The lowest BCUT2D eigenvalue weighted by atomic mass is 10.0. The van der Waals surface area contributed by atoms with Gasteiger partial charge in [0.05, 0.1) is 0 Å². The molecule has 1 aromatic rings. The molecule has 0 bridgehead atoms. The number of nitrogens with two attached hydrogens (primary N) is 1. The van der Waals surface area contributed by atoms with E-state index in [9.17, 15) is 18.0 Å². The topological polar surface area (TPSA) is 146 Å². The maximum Gasteiger partial charge on any atom is 0.340 e. The number of amides is 1. The number of aromatic carboxylic acids is 1. The number of carbonyl (C=O) groups is 2. The quantitative estimate of drug-likeness (QED) is 0.678. The maximum absolute atomic E-state index is 12.6. The van der Waals surface area contributed by atoms with Crippen molar-refractivity contribution in [1.29, 1.82) is 0 Å². The van der Waals surface area contributed by atoms with Crippen molar-refractivity contribution in [2.45, 2.75) is 37.3 Å². The van der Waals surface area contributed by atoms with Gasteiger partial charge >= 0.3 is 5.97 Å². The summed E-state index contributed by atoms with van der Waals surface area (Å²) in [5, 5.41) is 14.5. The number of hydrogen-bond acceptors (Lipinski definition) is 5. The van der Waals surface area contributed by atoms with Crippen molar-refractivity contribution in [3.63, 3.8) is 0 Å². The number of H-pyrrole nitrogens is 1. The van der Waals surface area contributed by atoms with Crippen molar-refractivity contribution in [1.82, 2.24) is 14.5 Å². The van der Waals surface area contributed by atoms with E-state index in [-0.39, 0.29) is 12.2 Å². The van der Waals surface area contributed by atoms with Crippen molar-refractivity contribution >= 4 is 21.9 Å². The Balaban J connectivity index is 2.51. The van der Waals surface area contributed by atoms with E-state index in [4.69, 9.17) is 10.8 Å². The van der Waals surface area contributed by atoms with Crippen LogP contribution in [0.4, 0.5) is 0 Å². The van der Waals surface area contributed by atoms with Gasteiger partial charge in [-0.1, -0.05) is 6.42 Å². The highest BCUT2D eigenvalue weighted by Gasteiger charge is 2.40. The number of carbonyl (C=O) groups excluding carboxylic acids is 1. The van der Waals surface area contributed by atoms with E-state index in [2.05, 4.69) is 10.2 Å². The molecule has 0 saturated carbocycles. The van der Waals surface area contributed by atoms with Crippen molar-refractivity contribution in [3.8, 4) is 0 Å². The van der Waals surface area contributed by atoms with Crippen molar-refractivity contribution < 1.29 is 23.1 Å². The number of primary amides is 1. The molecule has 116 valence electrons. The minimum absolute atomic E-state index is 0.112. The standard InChI is InChI=1S/C11H16N4O5S/c1-6-8(11(17)18)10(14-13-6)21(19,20)15-5-3-2-4-7(15)9(12)16/h7H,2-5H2,1H3,(H2,12,16)(H,13,14)(H,17,18). The number of carboxylic acids is 1. The lowest BCUT2D eigenvalue weighted by Gasteiger charge is -2.31. The highest BCUT2D eigenvalue weighted by atomic mass is 32.2. The van der Waals surface area contributed by atoms with Crippen LogP contribution in [-0.4, -0.2) is 52.5 Å². The van der Waals surface area contributed by atoms with Crippen LogP contribution in [0.1, 0.15) is 35.3 Å². The minimum Gasteiger partial charge on any atom is -0.478 e. The molecule has 0 spiro atoms. The summed E-state index contributed by atoms with van der Waals surface area (Å²) < 4.78 is 26.2. The van der Waals surface area contributed by atoms with E-state index < -0.39 is 38.5 Å². The molecule has 21 heavy (non-hydrogen) atoms. The van der Waals surface area contributed by atoms with Gasteiger partial charge in [-0.3, -0.25) is 9.89 Å². The van der Waals surface area contributed by atoms with Crippen LogP contribution in [0.25, 0.3) is 0 Å². The monoisotopic (exact) mass is 316 g/mol. The van der Waals surface area contributed by atoms with Crippen LogP contribution >= 0.6 is 0 Å². The Kier molecular flexibility index (Phi) is 4.01. The van der Waals surface area contributed by atoms with Gasteiger partial charge in [-0.05, 0) is 19.8 Å². The smallest absolute Gasteiger partial charge is 0.340 e. The highest BCUT2D eigenvalue weighted by molar-refractivity contribution is 7.89. The lowest BCUT2D eigenvalue weighted by Crippen LogP contribution is -2.50. The Morgan fingerprint density at radius 2 is 2.10 bits per heavy atom. The second-order valence-corrected chi connectivity index (χ2v) is 6.67. The van der Waals surface area contributed by atoms with Gasteiger partial charge in [0.15, 0.2) is 0 Å². The van der Waals surface area contributed by atoms with Gasteiger partial charge in [0.25, 0.3) is 10.0 Å². The van der Waals surface area contributed by atoms with Gasteiger partial charge in [-0.2, -0.15) is 9.40 Å². The van der Waals surface area contributed by atoms with Crippen LogP contribution in [0.3, 0.4) is 0 Å². The fourth-order valence-corrected chi connectivity index (χ4v) is 4.23. The van der Waals surface area contributed by atoms with E-state index in [1.165, 1.54) is 6.92 Å². The average Bonchev–Trinajstić information content (AvgIpc) is 2.81. The molecule has 1 atom stereocenters. The summed E-state index contributed by atoms with van der Waals surface area (Å²) in [5.41, 5.74) is 4.97. The maximum atomic E-state index is 12.6. The van der Waals surface area contributed by atoms with Gasteiger partial charge in [-0.25, -0.2) is 13.2 Å². The number of hydrogen-bond donors (Lipinski definition) is 3. The third kappa shape index (κ3) is 2.63. The van der Waals surface area contributed by atoms with Crippen molar-refractivity contribution in [3.05, 3.63) is 11.3 Å². The van der Waals surface area contributed by atoms with Gasteiger partial charge in [0.2, 0.25) is 10.9 Å². The van der Waals surface area contributed by atoms with Crippen LogP contribution in [0.15, 0.2) is 5.03 Å². The summed E-state index contributed by atoms with van der Waals surface area (Å²) in [6.45, 7) is 1.53. The Bertz CT molecular complexity index is 681. The first kappa shape index (κ1) is 15.4. The zero-order valence-corrected chi connectivity index (χ0v) is 12.2. The SMILES string of the molecule is Cc1[nH]nc(S(=O)(=O)N2CCCCC2C(N)=O)c1C(=O)O. The predicted molar refractivity (Wildman–Crippen MR) is 71.0 cm³/mol. The molecule has 1 aliphatic heterocycles. The second kappa shape index (κ2) is 5.45. The summed E-state index contributed by atoms with van der Waals surface area (Å²) in [6.07, 6.45) is 1.58.